The van der Waals surface area contributed by atoms with Crippen molar-refractivity contribution in [2.45, 2.75) is 206 Å². The van der Waals surface area contributed by atoms with Gasteiger partial charge < -0.3 is 0 Å². The Morgan fingerprint density at radius 2 is 0.514 bits per heavy atom. The summed E-state index contributed by atoms with van der Waals surface area (Å²) in [5, 5.41) is 2.96. The van der Waals surface area contributed by atoms with Gasteiger partial charge >= 0.3 is 0 Å². The molecule has 1 N–H and O–H groups in total. The lowest BCUT2D eigenvalue weighted by Gasteiger charge is -2.02. The number of rotatable bonds is 28. The molecule has 1 heteroatoms. The predicted octanol–water partition coefficient (Wildman–Crippen LogP) is 12.2. The van der Waals surface area contributed by atoms with Gasteiger partial charge in [0.05, 0.1) is 0 Å². The molecule has 0 aliphatic rings. The van der Waals surface area contributed by atoms with E-state index < -0.39 is 0 Å². The lowest BCUT2D eigenvalue weighted by molar-refractivity contribution is 0.536. The zero-order chi connectivity index (χ0) is 26.7. The Balaban J connectivity index is 3.19. The molecule has 0 radical (unpaired) electrons. The molecule has 0 unspecified atom stereocenters. The molecule has 216 valence electrons. The van der Waals surface area contributed by atoms with Crippen molar-refractivity contribution < 1.29 is 0 Å². The summed E-state index contributed by atoms with van der Waals surface area (Å²) < 4.78 is 0. The molecule has 1 nitrogen and oxygen atoms in total. The molecule has 0 rings (SSSR count). The molecule has 0 aromatic rings. The quantitative estimate of drug-likeness (QED) is 0.0623. The van der Waals surface area contributed by atoms with Gasteiger partial charge in [0.25, 0.3) is 0 Å². The highest BCUT2D eigenvalue weighted by Crippen LogP contribution is 2.14. The second-order valence-corrected chi connectivity index (χ2v) is 11.4. The average molecular weight is 514 g/mol. The highest BCUT2D eigenvalue weighted by Gasteiger charge is 1.95. The van der Waals surface area contributed by atoms with Crippen molar-refractivity contribution in [3.05, 3.63) is 0 Å². The highest BCUT2D eigenvalue weighted by atomic mass is 14.8. The van der Waals surface area contributed by atoms with Crippen molar-refractivity contribution in [3.8, 4) is 23.9 Å². The van der Waals surface area contributed by atoms with E-state index in [4.69, 9.17) is 0 Å². The molecule has 0 amide bonds. The van der Waals surface area contributed by atoms with Gasteiger partial charge in [0.1, 0.15) is 0 Å². The van der Waals surface area contributed by atoms with Gasteiger partial charge in [0.2, 0.25) is 0 Å². The molecule has 0 aromatic heterocycles. The van der Waals surface area contributed by atoms with E-state index in [0.29, 0.717) is 0 Å². The Morgan fingerprint density at radius 1 is 0.297 bits per heavy atom. The summed E-state index contributed by atoms with van der Waals surface area (Å²) in [5.74, 6) is 6.44. The molecule has 0 heterocycles. The first-order chi connectivity index (χ1) is 18.4. The second kappa shape index (κ2) is 34.9. The van der Waals surface area contributed by atoms with Gasteiger partial charge in [-0.2, -0.15) is 0 Å². The van der Waals surface area contributed by atoms with E-state index in [2.05, 4.69) is 43.1 Å². The van der Waals surface area contributed by atoms with E-state index in [1.54, 1.807) is 0 Å². The van der Waals surface area contributed by atoms with Crippen molar-refractivity contribution in [1.29, 1.82) is 0 Å². The molecule has 0 atom stereocenters. The van der Waals surface area contributed by atoms with Crippen molar-refractivity contribution in [2.24, 2.45) is 0 Å². The topological polar surface area (TPSA) is 12.0 Å². The van der Waals surface area contributed by atoms with Gasteiger partial charge in [0.15, 0.2) is 0 Å². The molecular formula is C36H67N. The van der Waals surface area contributed by atoms with Crippen LogP contribution in [0.2, 0.25) is 0 Å². The van der Waals surface area contributed by atoms with Gasteiger partial charge in [-0.25, -0.2) is 0 Å². The van der Waals surface area contributed by atoms with Crippen molar-refractivity contribution in [1.82, 2.24) is 5.32 Å². The Bertz CT molecular complexity index is 480. The van der Waals surface area contributed by atoms with Crippen LogP contribution in [0.25, 0.3) is 0 Å². The van der Waals surface area contributed by atoms with Crippen LogP contribution < -0.4 is 5.32 Å². The Labute approximate surface area is 235 Å². The summed E-state index contributed by atoms with van der Waals surface area (Å²) in [4.78, 5) is 0. The number of nitrogens with one attached hydrogen (secondary N) is 1. The normalized spacial score (nSPS) is 10.5. The molecule has 37 heavy (non-hydrogen) atoms. The Morgan fingerprint density at radius 3 is 0.757 bits per heavy atom. The fourth-order valence-electron chi connectivity index (χ4n) is 5.06. The largest absolute Gasteiger partial charge is 0.274 e. The van der Waals surface area contributed by atoms with Gasteiger partial charge in [-0.3, -0.25) is 5.32 Å². The zero-order valence-corrected chi connectivity index (χ0v) is 25.7. The summed E-state index contributed by atoms with van der Waals surface area (Å²) in [5.41, 5.74) is 0. The van der Waals surface area contributed by atoms with E-state index in [9.17, 15) is 0 Å². The third-order valence-corrected chi connectivity index (χ3v) is 7.61. The third-order valence-electron chi connectivity index (χ3n) is 7.61. The molecule has 0 saturated heterocycles. The number of hydrogen-bond donors (Lipinski definition) is 1. The first-order valence-electron chi connectivity index (χ1n) is 17.1. The summed E-state index contributed by atoms with van der Waals surface area (Å²) in [7, 11) is 0. The molecule has 0 aromatic carbocycles. The molecule has 0 fully saturated rings. The van der Waals surface area contributed by atoms with E-state index in [0.717, 1.165) is 12.8 Å². The monoisotopic (exact) mass is 514 g/mol. The minimum Gasteiger partial charge on any atom is -0.274 e. The van der Waals surface area contributed by atoms with E-state index in [1.165, 1.54) is 180 Å². The molecular weight excluding hydrogens is 446 g/mol. The smallest absolute Gasteiger partial charge is 0.0171 e. The summed E-state index contributed by atoms with van der Waals surface area (Å²) in [6.45, 7) is 4.59. The summed E-state index contributed by atoms with van der Waals surface area (Å²) in [6.07, 6.45) is 41.5. The van der Waals surface area contributed by atoms with Gasteiger partial charge in [-0.05, 0) is 12.8 Å². The summed E-state index contributed by atoms with van der Waals surface area (Å²) in [6, 6.07) is 6.02. The van der Waals surface area contributed by atoms with Crippen molar-refractivity contribution in [3.63, 3.8) is 0 Å². The molecule has 0 bridgehead atoms. The average Bonchev–Trinajstić information content (AvgIpc) is 2.91. The molecule has 0 spiro atoms. The minimum absolute atomic E-state index is 1.01. The van der Waals surface area contributed by atoms with Crippen LogP contribution in [0.5, 0.6) is 0 Å². The van der Waals surface area contributed by atoms with Crippen molar-refractivity contribution in [2.75, 3.05) is 0 Å². The molecule has 0 aliphatic carbocycles. The van der Waals surface area contributed by atoms with E-state index in [-0.39, 0.29) is 0 Å². The highest BCUT2D eigenvalue weighted by molar-refractivity contribution is 5.07. The lowest BCUT2D eigenvalue weighted by Crippen LogP contribution is -1.93. The number of hydrogen-bond acceptors (Lipinski definition) is 1. The van der Waals surface area contributed by atoms with Crippen LogP contribution in [0.15, 0.2) is 0 Å². The third kappa shape index (κ3) is 34.9. The Kier molecular flexibility index (Phi) is 33.9. The van der Waals surface area contributed by atoms with Crippen LogP contribution >= 0.6 is 0 Å². The maximum absolute atomic E-state index is 3.22. The van der Waals surface area contributed by atoms with Gasteiger partial charge in [-0.15, -0.1) is 0 Å². The first-order valence-corrected chi connectivity index (χ1v) is 17.1. The van der Waals surface area contributed by atoms with Crippen LogP contribution in [0, 0.1) is 23.9 Å². The Hall–Kier alpha value is -1.08. The standard InChI is InChI=1S/C36H67N/c1-3-5-7-9-11-13-15-17-19-21-23-25-27-29-31-33-35-37-36-34-32-30-28-26-24-22-20-18-16-14-12-10-8-6-4-2/h37H,3-32H2,1-2H3. The van der Waals surface area contributed by atoms with E-state index >= 15 is 0 Å². The van der Waals surface area contributed by atoms with Crippen LogP contribution in [0.1, 0.15) is 206 Å². The SMILES string of the molecule is CCCCCCCCCCCCCCCCC#CNC#CCCCCCCCCCCCCCCCC. The van der Waals surface area contributed by atoms with Crippen LogP contribution in [-0.2, 0) is 0 Å². The van der Waals surface area contributed by atoms with Crippen LogP contribution in [0.3, 0.4) is 0 Å². The van der Waals surface area contributed by atoms with E-state index in [1.807, 2.05) is 0 Å². The summed E-state index contributed by atoms with van der Waals surface area (Å²) >= 11 is 0. The maximum Gasteiger partial charge on any atom is 0.0171 e. The van der Waals surface area contributed by atoms with Crippen molar-refractivity contribution >= 4 is 0 Å². The fraction of sp³-hybridized carbons (Fsp3) is 0.889. The maximum atomic E-state index is 3.22. The predicted molar refractivity (Wildman–Crippen MR) is 169 cm³/mol. The zero-order valence-electron chi connectivity index (χ0n) is 25.7. The first kappa shape index (κ1) is 35.9. The minimum atomic E-state index is 1.01. The number of unbranched alkanes of at least 4 members (excludes halogenated alkanes) is 28. The van der Waals surface area contributed by atoms with Crippen LogP contribution in [-0.4, -0.2) is 0 Å². The second-order valence-electron chi connectivity index (χ2n) is 11.4. The molecule has 0 saturated carbocycles. The fourth-order valence-corrected chi connectivity index (χ4v) is 5.06. The van der Waals surface area contributed by atoms with Crippen LogP contribution in [0.4, 0.5) is 0 Å². The lowest BCUT2D eigenvalue weighted by atomic mass is 10.0. The van der Waals surface area contributed by atoms with Gasteiger partial charge in [-0.1, -0.05) is 193 Å². The van der Waals surface area contributed by atoms with Gasteiger partial charge in [0, 0.05) is 24.9 Å². The molecule has 0 aliphatic heterocycles.